The summed E-state index contributed by atoms with van der Waals surface area (Å²) in [5, 5.41) is 11.9. The van der Waals surface area contributed by atoms with Crippen molar-refractivity contribution in [2.75, 3.05) is 6.67 Å². The number of hydrogen-bond donors (Lipinski definition) is 1. The van der Waals surface area contributed by atoms with Gasteiger partial charge in [-0.2, -0.15) is 10.2 Å². The molecule has 0 aliphatic heterocycles. The Balaban J connectivity index is 1.87. The first kappa shape index (κ1) is 14.7. The molecule has 0 bridgehead atoms. The summed E-state index contributed by atoms with van der Waals surface area (Å²) in [5.74, 6) is 0. The second kappa shape index (κ2) is 7.19. The summed E-state index contributed by atoms with van der Waals surface area (Å²) in [6.45, 7) is 6.48. The zero-order chi connectivity index (χ0) is 14.4. The quantitative estimate of drug-likeness (QED) is 0.804. The average molecular weight is 279 g/mol. The summed E-state index contributed by atoms with van der Waals surface area (Å²) in [5.41, 5.74) is 3.26. The molecular weight excluding hydrogens is 257 g/mol. The maximum absolute atomic E-state index is 12.4. The Bertz CT molecular complexity index is 531. The molecule has 0 amide bonds. The molecule has 2 heterocycles. The molecule has 0 aliphatic rings. The van der Waals surface area contributed by atoms with Gasteiger partial charge in [-0.05, 0) is 19.4 Å². The van der Waals surface area contributed by atoms with Crippen LogP contribution in [0.15, 0.2) is 18.5 Å². The first-order chi connectivity index (χ1) is 9.74. The first-order valence-electron chi connectivity index (χ1n) is 7.05. The number of rotatable bonds is 8. The number of hydrogen-bond acceptors (Lipinski definition) is 3. The molecule has 0 saturated carbocycles. The van der Waals surface area contributed by atoms with E-state index >= 15 is 0 Å². The predicted octanol–water partition coefficient (Wildman–Crippen LogP) is 2.06. The van der Waals surface area contributed by atoms with E-state index in [4.69, 9.17) is 0 Å². The van der Waals surface area contributed by atoms with Crippen LogP contribution in [-0.2, 0) is 26.2 Å². The molecule has 0 aliphatic carbocycles. The van der Waals surface area contributed by atoms with Gasteiger partial charge in [0.2, 0.25) is 0 Å². The fourth-order valence-corrected chi connectivity index (χ4v) is 2.19. The third-order valence-electron chi connectivity index (χ3n) is 3.22. The van der Waals surface area contributed by atoms with E-state index in [0.29, 0.717) is 13.1 Å². The molecule has 0 atom stereocenters. The molecule has 0 unspecified atom stereocenters. The monoisotopic (exact) mass is 279 g/mol. The predicted molar refractivity (Wildman–Crippen MR) is 76.0 cm³/mol. The molecule has 0 saturated heterocycles. The van der Waals surface area contributed by atoms with Crippen LogP contribution in [-0.4, -0.2) is 26.2 Å². The highest BCUT2D eigenvalue weighted by atomic mass is 19.1. The van der Waals surface area contributed by atoms with Crippen LogP contribution in [0, 0.1) is 6.92 Å². The van der Waals surface area contributed by atoms with Crippen LogP contribution in [0.25, 0.3) is 0 Å². The SMILES string of the molecule is CCCn1cc(CNCc2ccnn2CCF)c(C)n1. The van der Waals surface area contributed by atoms with Gasteiger partial charge < -0.3 is 5.32 Å². The van der Waals surface area contributed by atoms with Gasteiger partial charge in [0.05, 0.1) is 17.9 Å². The fourth-order valence-electron chi connectivity index (χ4n) is 2.19. The third-order valence-corrected chi connectivity index (χ3v) is 3.22. The lowest BCUT2D eigenvalue weighted by Crippen LogP contribution is -2.17. The van der Waals surface area contributed by atoms with Crippen molar-refractivity contribution in [3.8, 4) is 0 Å². The minimum absolute atomic E-state index is 0.317. The molecule has 20 heavy (non-hydrogen) atoms. The zero-order valence-electron chi connectivity index (χ0n) is 12.1. The molecule has 2 aromatic rings. The summed E-state index contributed by atoms with van der Waals surface area (Å²) in [4.78, 5) is 0. The highest BCUT2D eigenvalue weighted by Gasteiger charge is 2.06. The first-order valence-corrected chi connectivity index (χ1v) is 7.05. The minimum Gasteiger partial charge on any atom is -0.307 e. The highest BCUT2D eigenvalue weighted by Crippen LogP contribution is 2.07. The van der Waals surface area contributed by atoms with Crippen LogP contribution >= 0.6 is 0 Å². The summed E-state index contributed by atoms with van der Waals surface area (Å²) >= 11 is 0. The minimum atomic E-state index is -0.391. The molecule has 0 radical (unpaired) electrons. The fraction of sp³-hybridized carbons (Fsp3) is 0.571. The van der Waals surface area contributed by atoms with E-state index < -0.39 is 6.67 Å². The lowest BCUT2D eigenvalue weighted by atomic mass is 10.2. The van der Waals surface area contributed by atoms with Crippen LogP contribution in [0.2, 0.25) is 0 Å². The smallest absolute Gasteiger partial charge is 0.109 e. The Labute approximate surface area is 118 Å². The van der Waals surface area contributed by atoms with E-state index in [2.05, 4.69) is 28.6 Å². The van der Waals surface area contributed by atoms with E-state index in [0.717, 1.165) is 30.9 Å². The van der Waals surface area contributed by atoms with Gasteiger partial charge in [0.1, 0.15) is 6.67 Å². The normalized spacial score (nSPS) is 11.2. The largest absolute Gasteiger partial charge is 0.307 e. The number of aryl methyl sites for hydroxylation is 3. The van der Waals surface area contributed by atoms with Gasteiger partial charge in [0, 0.05) is 37.6 Å². The van der Waals surface area contributed by atoms with Gasteiger partial charge in [0.25, 0.3) is 0 Å². The summed E-state index contributed by atoms with van der Waals surface area (Å²) in [6, 6.07) is 1.91. The summed E-state index contributed by atoms with van der Waals surface area (Å²) in [6.07, 6.45) is 4.87. The number of nitrogens with one attached hydrogen (secondary N) is 1. The third kappa shape index (κ3) is 3.66. The highest BCUT2D eigenvalue weighted by molar-refractivity contribution is 5.15. The lowest BCUT2D eigenvalue weighted by molar-refractivity contribution is 0.417. The van der Waals surface area contributed by atoms with Crippen molar-refractivity contribution in [1.82, 2.24) is 24.9 Å². The Morgan fingerprint density at radius 2 is 2.15 bits per heavy atom. The van der Waals surface area contributed by atoms with E-state index in [1.807, 2.05) is 17.7 Å². The van der Waals surface area contributed by atoms with Crippen molar-refractivity contribution in [3.63, 3.8) is 0 Å². The van der Waals surface area contributed by atoms with Crippen molar-refractivity contribution in [3.05, 3.63) is 35.4 Å². The summed E-state index contributed by atoms with van der Waals surface area (Å²) in [7, 11) is 0. The van der Waals surface area contributed by atoms with Crippen molar-refractivity contribution in [1.29, 1.82) is 0 Å². The maximum Gasteiger partial charge on any atom is 0.109 e. The van der Waals surface area contributed by atoms with Crippen LogP contribution in [0.4, 0.5) is 4.39 Å². The van der Waals surface area contributed by atoms with Gasteiger partial charge in [-0.25, -0.2) is 4.39 Å². The van der Waals surface area contributed by atoms with Crippen LogP contribution in [0.1, 0.15) is 30.3 Å². The van der Waals surface area contributed by atoms with Crippen molar-refractivity contribution >= 4 is 0 Å². The Hall–Kier alpha value is -1.69. The number of alkyl halides is 1. The lowest BCUT2D eigenvalue weighted by Gasteiger charge is -2.06. The average Bonchev–Trinajstić information content (AvgIpc) is 2.99. The maximum atomic E-state index is 12.4. The standard InChI is InChI=1S/C14H22FN5/c1-3-7-19-11-13(12(2)18-19)9-16-10-14-4-6-17-20(14)8-5-15/h4,6,11,16H,3,5,7-10H2,1-2H3. The van der Waals surface area contributed by atoms with Crippen LogP contribution in [0.5, 0.6) is 0 Å². The molecule has 0 spiro atoms. The van der Waals surface area contributed by atoms with Gasteiger partial charge in [-0.15, -0.1) is 0 Å². The molecular formula is C14H22FN5. The van der Waals surface area contributed by atoms with Crippen molar-refractivity contribution in [2.24, 2.45) is 0 Å². The van der Waals surface area contributed by atoms with Crippen LogP contribution in [0.3, 0.4) is 0 Å². The number of nitrogens with zero attached hydrogens (tertiary/aromatic N) is 4. The molecule has 0 fully saturated rings. The van der Waals surface area contributed by atoms with Gasteiger partial charge in [0.15, 0.2) is 0 Å². The molecule has 2 rings (SSSR count). The van der Waals surface area contributed by atoms with E-state index in [-0.39, 0.29) is 0 Å². The Morgan fingerprint density at radius 1 is 1.30 bits per heavy atom. The van der Waals surface area contributed by atoms with Crippen molar-refractivity contribution < 1.29 is 4.39 Å². The van der Waals surface area contributed by atoms with E-state index in [1.54, 1.807) is 10.9 Å². The second-order valence-corrected chi connectivity index (χ2v) is 4.84. The summed E-state index contributed by atoms with van der Waals surface area (Å²) < 4.78 is 16.0. The van der Waals surface area contributed by atoms with Gasteiger partial charge >= 0.3 is 0 Å². The Kier molecular flexibility index (Phi) is 5.29. The number of aromatic nitrogens is 4. The molecule has 5 nitrogen and oxygen atoms in total. The van der Waals surface area contributed by atoms with Gasteiger partial charge in [-0.1, -0.05) is 6.92 Å². The molecule has 0 aromatic carbocycles. The molecule has 6 heteroatoms. The second-order valence-electron chi connectivity index (χ2n) is 4.84. The Morgan fingerprint density at radius 3 is 2.90 bits per heavy atom. The topological polar surface area (TPSA) is 47.7 Å². The molecule has 1 N–H and O–H groups in total. The number of halogens is 1. The molecule has 110 valence electrons. The van der Waals surface area contributed by atoms with Gasteiger partial charge in [-0.3, -0.25) is 9.36 Å². The zero-order valence-corrected chi connectivity index (χ0v) is 12.1. The van der Waals surface area contributed by atoms with E-state index in [1.165, 1.54) is 5.56 Å². The van der Waals surface area contributed by atoms with Crippen molar-refractivity contribution in [2.45, 2.75) is 46.4 Å². The van der Waals surface area contributed by atoms with Crippen LogP contribution < -0.4 is 5.32 Å². The van der Waals surface area contributed by atoms with E-state index in [9.17, 15) is 4.39 Å². The molecule has 2 aromatic heterocycles.